The number of anilines is 1. The number of hydrogen-bond acceptors (Lipinski definition) is 5. The molecule has 0 bridgehead atoms. The Bertz CT molecular complexity index is 763. The number of carbonyl (C=O) groups is 1. The van der Waals surface area contributed by atoms with Crippen LogP contribution in [0.2, 0.25) is 10.2 Å². The molecule has 4 nitrogen and oxygen atoms in total. The lowest BCUT2D eigenvalue weighted by Crippen LogP contribution is -2.38. The van der Waals surface area contributed by atoms with Crippen LogP contribution in [0.4, 0.5) is 5.13 Å². The molecule has 0 spiro atoms. The van der Waals surface area contributed by atoms with Crippen molar-refractivity contribution in [3.05, 3.63) is 44.9 Å². The minimum absolute atomic E-state index is 0.00670. The van der Waals surface area contributed by atoms with Gasteiger partial charge < -0.3 is 4.90 Å². The molecule has 0 amide bonds. The number of carbonyl (C=O) groups excluding carboxylic acids is 1. The van der Waals surface area contributed by atoms with Crippen LogP contribution in [-0.4, -0.2) is 42.9 Å². The van der Waals surface area contributed by atoms with Crippen molar-refractivity contribution in [3.63, 3.8) is 0 Å². The Kier molecular flexibility index (Phi) is 6.00. The van der Waals surface area contributed by atoms with E-state index < -0.39 is 0 Å². The maximum atomic E-state index is 12.8. The molecule has 0 N–H and O–H groups in total. The van der Waals surface area contributed by atoms with Gasteiger partial charge in [-0.1, -0.05) is 46.7 Å². The SMILES string of the molecule is CN(C)c1nc(Cl)c(CN2CCC[C@H](C(=O)c3cccc(Cl)c3)C2)s1. The van der Waals surface area contributed by atoms with Crippen molar-refractivity contribution in [1.82, 2.24) is 9.88 Å². The highest BCUT2D eigenvalue weighted by molar-refractivity contribution is 7.16. The largest absolute Gasteiger partial charge is 0.354 e. The number of aromatic nitrogens is 1. The van der Waals surface area contributed by atoms with Crippen LogP contribution in [0.1, 0.15) is 28.1 Å². The molecular formula is C18H21Cl2N3OS. The number of nitrogens with zero attached hydrogens (tertiary/aromatic N) is 3. The summed E-state index contributed by atoms with van der Waals surface area (Å²) in [6.45, 7) is 2.46. The first-order valence-electron chi connectivity index (χ1n) is 8.28. The Hall–Kier alpha value is -1.14. The van der Waals surface area contributed by atoms with Crippen LogP contribution < -0.4 is 4.90 Å². The van der Waals surface area contributed by atoms with Crippen molar-refractivity contribution in [3.8, 4) is 0 Å². The predicted molar refractivity (Wildman–Crippen MR) is 105 cm³/mol. The molecule has 0 aliphatic carbocycles. The monoisotopic (exact) mass is 397 g/mol. The number of Topliss-reactive ketones (excluding diaryl/α,β-unsaturated/α-hetero) is 1. The van der Waals surface area contributed by atoms with Gasteiger partial charge in [-0.05, 0) is 31.5 Å². The zero-order valence-corrected chi connectivity index (χ0v) is 16.7. The van der Waals surface area contributed by atoms with Crippen molar-refractivity contribution in [1.29, 1.82) is 0 Å². The molecule has 7 heteroatoms. The van der Waals surface area contributed by atoms with E-state index in [1.807, 2.05) is 31.1 Å². The van der Waals surface area contributed by atoms with Crippen LogP contribution >= 0.6 is 34.5 Å². The minimum atomic E-state index is 0.00670. The number of hydrogen-bond donors (Lipinski definition) is 0. The first-order valence-corrected chi connectivity index (χ1v) is 9.86. The van der Waals surface area contributed by atoms with Crippen molar-refractivity contribution in [2.24, 2.45) is 5.92 Å². The van der Waals surface area contributed by atoms with Gasteiger partial charge in [0.15, 0.2) is 10.9 Å². The number of likely N-dealkylation sites (tertiary alicyclic amines) is 1. The average Bonchev–Trinajstić information content (AvgIpc) is 2.95. The lowest BCUT2D eigenvalue weighted by atomic mass is 9.90. The summed E-state index contributed by atoms with van der Waals surface area (Å²) < 4.78 is 0. The van der Waals surface area contributed by atoms with Crippen LogP contribution in [0.25, 0.3) is 0 Å². The van der Waals surface area contributed by atoms with Gasteiger partial charge in [-0.2, -0.15) is 0 Å². The van der Waals surface area contributed by atoms with Crippen molar-refractivity contribution in [2.45, 2.75) is 19.4 Å². The van der Waals surface area contributed by atoms with E-state index in [4.69, 9.17) is 23.2 Å². The number of piperidine rings is 1. The van der Waals surface area contributed by atoms with Crippen LogP contribution in [0, 0.1) is 5.92 Å². The summed E-state index contributed by atoms with van der Waals surface area (Å²) in [5.74, 6) is 0.184. The summed E-state index contributed by atoms with van der Waals surface area (Å²) in [6, 6.07) is 7.22. The molecule has 1 saturated heterocycles. The standard InChI is InChI=1S/C18H21Cl2N3OS/c1-22(2)18-21-17(20)15(25-18)11-23-8-4-6-13(10-23)16(24)12-5-3-7-14(19)9-12/h3,5,7,9,13H,4,6,8,10-11H2,1-2H3/t13-/m0/s1. The topological polar surface area (TPSA) is 36.4 Å². The highest BCUT2D eigenvalue weighted by Gasteiger charge is 2.27. The minimum Gasteiger partial charge on any atom is -0.354 e. The Morgan fingerprint density at radius 3 is 2.88 bits per heavy atom. The van der Waals surface area contributed by atoms with Crippen molar-refractivity contribution >= 4 is 45.5 Å². The Balaban J connectivity index is 1.68. The summed E-state index contributed by atoms with van der Waals surface area (Å²) in [5.41, 5.74) is 0.699. The van der Waals surface area contributed by atoms with E-state index in [0.717, 1.165) is 42.5 Å². The van der Waals surface area contributed by atoms with E-state index in [1.54, 1.807) is 23.5 Å². The predicted octanol–water partition coefficient (Wildman–Crippen LogP) is 4.61. The summed E-state index contributed by atoms with van der Waals surface area (Å²) >= 11 is 13.9. The van der Waals surface area contributed by atoms with E-state index in [1.165, 1.54) is 0 Å². The molecule has 1 aliphatic rings. The second-order valence-corrected chi connectivity index (χ2v) is 8.41. The normalized spacial score (nSPS) is 18.3. The molecule has 2 heterocycles. The molecule has 1 fully saturated rings. The average molecular weight is 398 g/mol. The van der Waals surface area contributed by atoms with Gasteiger partial charge in [-0.15, -0.1) is 0 Å². The fourth-order valence-electron chi connectivity index (χ4n) is 3.10. The zero-order valence-electron chi connectivity index (χ0n) is 14.3. The molecule has 134 valence electrons. The molecule has 3 rings (SSSR count). The lowest BCUT2D eigenvalue weighted by molar-refractivity contribution is 0.0813. The van der Waals surface area contributed by atoms with Gasteiger partial charge in [-0.25, -0.2) is 4.98 Å². The number of ketones is 1. The summed E-state index contributed by atoms with van der Waals surface area (Å²) in [7, 11) is 3.92. The van der Waals surface area contributed by atoms with E-state index >= 15 is 0 Å². The van der Waals surface area contributed by atoms with E-state index in [-0.39, 0.29) is 11.7 Å². The zero-order chi connectivity index (χ0) is 18.0. The molecule has 1 aliphatic heterocycles. The van der Waals surface area contributed by atoms with Gasteiger partial charge in [0.2, 0.25) is 0 Å². The summed E-state index contributed by atoms with van der Waals surface area (Å²) in [4.78, 5) is 22.5. The number of thiazole rings is 1. The fourth-order valence-corrected chi connectivity index (χ4v) is 4.52. The van der Waals surface area contributed by atoms with Crippen LogP contribution in [-0.2, 0) is 6.54 Å². The molecular weight excluding hydrogens is 377 g/mol. The summed E-state index contributed by atoms with van der Waals surface area (Å²) in [6.07, 6.45) is 1.93. The maximum Gasteiger partial charge on any atom is 0.186 e. The lowest BCUT2D eigenvalue weighted by Gasteiger charge is -2.31. The van der Waals surface area contributed by atoms with Crippen LogP contribution in [0.3, 0.4) is 0 Å². The van der Waals surface area contributed by atoms with E-state index in [2.05, 4.69) is 9.88 Å². The smallest absolute Gasteiger partial charge is 0.186 e. The van der Waals surface area contributed by atoms with Gasteiger partial charge >= 0.3 is 0 Å². The number of benzene rings is 1. The first-order chi connectivity index (χ1) is 11.9. The molecule has 1 aromatic heterocycles. The van der Waals surface area contributed by atoms with E-state index in [0.29, 0.717) is 15.7 Å². The molecule has 25 heavy (non-hydrogen) atoms. The van der Waals surface area contributed by atoms with Gasteiger partial charge in [0.1, 0.15) is 5.15 Å². The molecule has 2 aromatic rings. The number of rotatable bonds is 5. The highest BCUT2D eigenvalue weighted by atomic mass is 35.5. The number of halogens is 2. The van der Waals surface area contributed by atoms with Gasteiger partial charge in [0.05, 0.1) is 4.88 Å². The third-order valence-corrected chi connectivity index (χ3v) is 6.24. The van der Waals surface area contributed by atoms with Crippen LogP contribution in [0.5, 0.6) is 0 Å². The highest BCUT2D eigenvalue weighted by Crippen LogP contribution is 2.31. The second kappa shape index (κ2) is 8.04. The Morgan fingerprint density at radius 1 is 1.40 bits per heavy atom. The van der Waals surface area contributed by atoms with Crippen molar-refractivity contribution < 1.29 is 4.79 Å². The quantitative estimate of drug-likeness (QED) is 0.690. The fraction of sp³-hybridized carbons (Fsp3) is 0.444. The molecule has 0 radical (unpaired) electrons. The molecule has 1 aromatic carbocycles. The first kappa shape index (κ1) is 18.6. The Morgan fingerprint density at radius 2 is 2.20 bits per heavy atom. The third-order valence-electron chi connectivity index (χ3n) is 4.37. The van der Waals surface area contributed by atoms with Crippen LogP contribution in [0.15, 0.2) is 24.3 Å². The third kappa shape index (κ3) is 4.53. The molecule has 0 saturated carbocycles. The molecule has 1 atom stereocenters. The maximum absolute atomic E-state index is 12.8. The Labute approximate surface area is 162 Å². The van der Waals surface area contributed by atoms with E-state index in [9.17, 15) is 4.79 Å². The molecule has 0 unspecified atom stereocenters. The summed E-state index contributed by atoms with van der Waals surface area (Å²) in [5, 5.41) is 2.08. The van der Waals surface area contributed by atoms with Gasteiger partial charge in [0.25, 0.3) is 0 Å². The second-order valence-electron chi connectivity index (χ2n) is 6.55. The van der Waals surface area contributed by atoms with Gasteiger partial charge in [-0.3, -0.25) is 9.69 Å². The van der Waals surface area contributed by atoms with Gasteiger partial charge in [0, 0.05) is 43.7 Å². The van der Waals surface area contributed by atoms with Crippen molar-refractivity contribution in [2.75, 3.05) is 32.1 Å².